The molecule has 0 atom stereocenters. The van der Waals surface area contributed by atoms with Gasteiger partial charge in [0.1, 0.15) is 11.8 Å². The van der Waals surface area contributed by atoms with Crippen molar-refractivity contribution in [3.8, 4) is 0 Å². The van der Waals surface area contributed by atoms with E-state index < -0.39 is 0 Å². The van der Waals surface area contributed by atoms with Crippen LogP contribution >= 0.6 is 24.0 Å². The number of rotatable bonds is 2. The average molecular weight is 382 g/mol. The largest absolute Gasteiger partial charge is 0.463 e. The Hall–Kier alpha value is -2.64. The van der Waals surface area contributed by atoms with Crippen molar-refractivity contribution in [3.05, 3.63) is 74.7 Å². The molecule has 1 aromatic carbocycles. The van der Waals surface area contributed by atoms with Crippen molar-refractivity contribution in [1.82, 2.24) is 4.68 Å². The van der Waals surface area contributed by atoms with Gasteiger partial charge in [-0.1, -0.05) is 23.9 Å². The van der Waals surface area contributed by atoms with Crippen molar-refractivity contribution < 1.29 is 9.21 Å². The van der Waals surface area contributed by atoms with Crippen LogP contribution in [-0.2, 0) is 4.79 Å². The number of amides is 1. The lowest BCUT2D eigenvalue weighted by Crippen LogP contribution is -2.39. The summed E-state index contributed by atoms with van der Waals surface area (Å²) in [6, 6.07) is 10.9. The molecule has 0 saturated carbocycles. The molecular weight excluding hydrogens is 368 g/mol. The number of aromatic nitrogens is 1. The predicted octanol–water partition coefficient (Wildman–Crippen LogP) is 3.75. The standard InChI is InChI=1S/C19H14N2O3S2/c1-11-7-8-12(2)20(11)21-18(23)16(26-19(21)25)9-13-10-24-15-6-4-3-5-14(15)17(13)22/h3-10H,1-2H3/b16-9-. The number of benzene rings is 1. The van der Waals surface area contributed by atoms with Crippen LogP contribution in [-0.4, -0.2) is 14.9 Å². The van der Waals surface area contributed by atoms with E-state index in [1.54, 1.807) is 35.0 Å². The minimum atomic E-state index is -0.255. The van der Waals surface area contributed by atoms with Crippen molar-refractivity contribution in [2.75, 3.05) is 5.01 Å². The summed E-state index contributed by atoms with van der Waals surface area (Å²) in [4.78, 5) is 25.9. The second-order valence-electron chi connectivity index (χ2n) is 5.94. The highest BCUT2D eigenvalue weighted by Crippen LogP contribution is 2.32. The zero-order valence-corrected chi connectivity index (χ0v) is 15.7. The average Bonchev–Trinajstić information content (AvgIpc) is 3.09. The summed E-state index contributed by atoms with van der Waals surface area (Å²) in [5.74, 6) is -0.255. The SMILES string of the molecule is Cc1ccc(C)n1N1C(=O)/C(=C/c2coc3ccccc3c2=O)SC1=S. The Labute approximate surface area is 158 Å². The fraction of sp³-hybridized carbons (Fsp3) is 0.105. The van der Waals surface area contributed by atoms with Crippen LogP contribution < -0.4 is 10.4 Å². The summed E-state index contributed by atoms with van der Waals surface area (Å²) in [6.45, 7) is 3.82. The van der Waals surface area contributed by atoms with E-state index >= 15 is 0 Å². The first kappa shape index (κ1) is 16.8. The lowest BCUT2D eigenvalue weighted by Gasteiger charge is -2.20. The summed E-state index contributed by atoms with van der Waals surface area (Å²) < 4.78 is 7.72. The smallest absolute Gasteiger partial charge is 0.285 e. The number of thiocarbonyl (C=S) groups is 1. The number of para-hydroxylation sites is 1. The van der Waals surface area contributed by atoms with Gasteiger partial charge in [-0.3, -0.25) is 14.3 Å². The molecule has 26 heavy (non-hydrogen) atoms. The molecule has 3 heterocycles. The number of fused-ring (bicyclic) bond motifs is 1. The van der Waals surface area contributed by atoms with Crippen LogP contribution in [0.3, 0.4) is 0 Å². The Bertz CT molecular complexity index is 1140. The van der Waals surface area contributed by atoms with Crippen molar-refractivity contribution >= 4 is 51.3 Å². The molecule has 4 rings (SSSR count). The zero-order chi connectivity index (χ0) is 18.4. The van der Waals surface area contributed by atoms with Gasteiger partial charge in [-0.15, -0.1) is 0 Å². The molecule has 1 aliphatic rings. The minimum Gasteiger partial charge on any atom is -0.463 e. The maximum atomic E-state index is 12.9. The molecule has 0 unspecified atom stereocenters. The second kappa shape index (κ2) is 6.26. The monoisotopic (exact) mass is 382 g/mol. The van der Waals surface area contributed by atoms with Gasteiger partial charge in [0.05, 0.1) is 15.9 Å². The highest BCUT2D eigenvalue weighted by Gasteiger charge is 2.35. The number of nitrogens with zero attached hydrogens (tertiary/aromatic N) is 2. The zero-order valence-electron chi connectivity index (χ0n) is 14.1. The summed E-state index contributed by atoms with van der Waals surface area (Å²) in [6.07, 6.45) is 2.93. The van der Waals surface area contributed by atoms with Crippen LogP contribution in [0.25, 0.3) is 17.0 Å². The van der Waals surface area contributed by atoms with Gasteiger partial charge < -0.3 is 4.42 Å². The van der Waals surface area contributed by atoms with Crippen LogP contribution in [0.4, 0.5) is 0 Å². The summed E-state index contributed by atoms with van der Waals surface area (Å²) >= 11 is 6.57. The van der Waals surface area contributed by atoms with Crippen molar-refractivity contribution in [1.29, 1.82) is 0 Å². The van der Waals surface area contributed by atoms with Crippen LogP contribution in [0, 0.1) is 13.8 Å². The molecule has 7 heteroatoms. The Morgan fingerprint density at radius 2 is 1.77 bits per heavy atom. The van der Waals surface area contributed by atoms with Crippen molar-refractivity contribution in [3.63, 3.8) is 0 Å². The number of thioether (sulfide) groups is 1. The summed E-state index contributed by atoms with van der Waals surface area (Å²) in [5.41, 5.74) is 2.48. The Morgan fingerprint density at radius 3 is 2.50 bits per heavy atom. The predicted molar refractivity (Wildman–Crippen MR) is 108 cm³/mol. The quantitative estimate of drug-likeness (QED) is 0.499. The topological polar surface area (TPSA) is 55.5 Å². The Kier molecular flexibility index (Phi) is 4.05. The number of hydrogen-bond donors (Lipinski definition) is 0. The fourth-order valence-electron chi connectivity index (χ4n) is 2.94. The second-order valence-corrected chi connectivity index (χ2v) is 7.61. The van der Waals surface area contributed by atoms with E-state index in [1.807, 2.05) is 26.0 Å². The van der Waals surface area contributed by atoms with Crippen LogP contribution in [0.1, 0.15) is 17.0 Å². The minimum absolute atomic E-state index is 0.176. The molecule has 0 N–H and O–H groups in total. The third kappa shape index (κ3) is 2.60. The molecule has 0 spiro atoms. The summed E-state index contributed by atoms with van der Waals surface area (Å²) in [7, 11) is 0. The van der Waals surface area contributed by atoms with Crippen molar-refractivity contribution in [2.24, 2.45) is 0 Å². The molecule has 1 saturated heterocycles. The van der Waals surface area contributed by atoms with Crippen LogP contribution in [0.5, 0.6) is 0 Å². The van der Waals surface area contributed by atoms with Gasteiger partial charge >= 0.3 is 0 Å². The molecule has 5 nitrogen and oxygen atoms in total. The number of aryl methyl sites for hydroxylation is 2. The lowest BCUT2D eigenvalue weighted by atomic mass is 10.1. The van der Waals surface area contributed by atoms with E-state index in [0.29, 0.717) is 25.8 Å². The molecule has 0 aliphatic carbocycles. The number of carbonyl (C=O) groups is 1. The molecule has 0 radical (unpaired) electrons. The fourth-order valence-corrected chi connectivity index (χ4v) is 4.17. The maximum Gasteiger partial charge on any atom is 0.285 e. The first-order valence-corrected chi connectivity index (χ1v) is 9.13. The molecule has 1 fully saturated rings. The molecule has 0 bridgehead atoms. The van der Waals surface area contributed by atoms with Gasteiger partial charge in [-0.25, -0.2) is 0 Å². The molecule has 1 amide bonds. The number of carbonyl (C=O) groups excluding carboxylic acids is 1. The summed E-state index contributed by atoms with van der Waals surface area (Å²) in [5, 5.41) is 1.94. The third-order valence-corrected chi connectivity index (χ3v) is 5.48. The Morgan fingerprint density at radius 1 is 1.08 bits per heavy atom. The molecular formula is C19H14N2O3S2. The highest BCUT2D eigenvalue weighted by atomic mass is 32.2. The third-order valence-electron chi connectivity index (χ3n) is 4.20. The van der Waals surface area contributed by atoms with Crippen LogP contribution in [0.2, 0.25) is 0 Å². The van der Waals surface area contributed by atoms with E-state index in [4.69, 9.17) is 16.6 Å². The highest BCUT2D eigenvalue weighted by molar-refractivity contribution is 8.27. The lowest BCUT2D eigenvalue weighted by molar-refractivity contribution is -0.114. The molecule has 130 valence electrons. The van der Waals surface area contributed by atoms with Crippen LogP contribution in [0.15, 0.2) is 56.8 Å². The first-order chi connectivity index (χ1) is 12.5. The van der Waals surface area contributed by atoms with Gasteiger partial charge in [0.15, 0.2) is 9.75 Å². The van der Waals surface area contributed by atoms with Crippen molar-refractivity contribution in [2.45, 2.75) is 13.8 Å². The molecule has 2 aromatic heterocycles. The Balaban J connectivity index is 1.78. The van der Waals surface area contributed by atoms with E-state index in [0.717, 1.165) is 11.4 Å². The van der Waals surface area contributed by atoms with E-state index in [1.165, 1.54) is 23.0 Å². The molecule has 3 aromatic rings. The normalized spacial score (nSPS) is 16.2. The van der Waals surface area contributed by atoms with E-state index in [-0.39, 0.29) is 11.3 Å². The van der Waals surface area contributed by atoms with Gasteiger partial charge in [0.25, 0.3) is 5.91 Å². The van der Waals surface area contributed by atoms with E-state index in [9.17, 15) is 9.59 Å². The maximum absolute atomic E-state index is 12.9. The van der Waals surface area contributed by atoms with E-state index in [2.05, 4.69) is 0 Å². The van der Waals surface area contributed by atoms with Gasteiger partial charge in [-0.2, -0.15) is 5.01 Å². The molecule has 1 aliphatic heterocycles. The first-order valence-electron chi connectivity index (χ1n) is 7.91. The van der Waals surface area contributed by atoms with Gasteiger partial charge in [0, 0.05) is 11.4 Å². The number of hydrogen-bond acceptors (Lipinski definition) is 5. The van der Waals surface area contributed by atoms with Gasteiger partial charge in [-0.05, 0) is 56.4 Å². The van der Waals surface area contributed by atoms with Gasteiger partial charge in [0.2, 0.25) is 0 Å².